The van der Waals surface area contributed by atoms with Gasteiger partial charge in [-0.25, -0.2) is 10.1 Å². The number of nitriles is 1. The highest BCUT2D eigenvalue weighted by Crippen LogP contribution is 2.21. The van der Waals surface area contributed by atoms with E-state index in [9.17, 15) is 0 Å². The van der Waals surface area contributed by atoms with Crippen molar-refractivity contribution in [2.45, 2.75) is 20.8 Å². The van der Waals surface area contributed by atoms with E-state index in [4.69, 9.17) is 16.6 Å². The molecule has 96 valence electrons. The summed E-state index contributed by atoms with van der Waals surface area (Å²) in [5, 5.41) is 8.83. The van der Waals surface area contributed by atoms with Crippen molar-refractivity contribution >= 4 is 5.57 Å². The van der Waals surface area contributed by atoms with E-state index in [0.29, 0.717) is 12.2 Å². The fraction of sp³-hybridized carbons (Fsp3) is 0.250. The molecule has 19 heavy (non-hydrogen) atoms. The summed E-state index contributed by atoms with van der Waals surface area (Å²) in [6.45, 7) is 13.3. The first kappa shape index (κ1) is 14.5. The Bertz CT molecular complexity index is 561. The number of nitrogens with zero attached hydrogens (tertiary/aromatic N) is 2. The number of benzene rings is 1. The van der Waals surface area contributed by atoms with Crippen molar-refractivity contribution in [1.29, 1.82) is 5.26 Å². The van der Waals surface area contributed by atoms with Gasteiger partial charge in [-0.2, -0.15) is 0 Å². The lowest BCUT2D eigenvalue weighted by Gasteiger charge is -2.06. The van der Waals surface area contributed by atoms with E-state index in [0.717, 1.165) is 11.3 Å². The maximum absolute atomic E-state index is 8.83. The molecule has 3 nitrogen and oxygen atoms in total. The molecule has 1 aromatic rings. The highest BCUT2D eigenvalue weighted by Gasteiger charge is 2.04. The Labute approximate surface area is 114 Å². The summed E-state index contributed by atoms with van der Waals surface area (Å²) in [5.41, 5.74) is 2.89. The predicted octanol–water partition coefficient (Wildman–Crippen LogP) is 4.21. The fourth-order valence-electron chi connectivity index (χ4n) is 1.44. The van der Waals surface area contributed by atoms with Gasteiger partial charge in [0.1, 0.15) is 12.4 Å². The minimum absolute atomic E-state index is 0.123. The zero-order valence-corrected chi connectivity index (χ0v) is 11.4. The van der Waals surface area contributed by atoms with Crippen LogP contribution in [0.4, 0.5) is 0 Å². The van der Waals surface area contributed by atoms with Crippen LogP contribution in [-0.2, 0) is 0 Å². The molecule has 0 heterocycles. The van der Waals surface area contributed by atoms with E-state index in [1.807, 2.05) is 50.3 Å². The lowest BCUT2D eigenvalue weighted by molar-refractivity contribution is 0.362. The van der Waals surface area contributed by atoms with Crippen molar-refractivity contribution in [2.24, 2.45) is 0 Å². The third-order valence-electron chi connectivity index (χ3n) is 2.60. The molecule has 3 heteroatoms. The second-order valence-corrected chi connectivity index (χ2v) is 4.31. The molecule has 0 saturated carbocycles. The Morgan fingerprint density at radius 2 is 1.95 bits per heavy atom. The smallest absolute Gasteiger partial charge is 0.265 e. The second-order valence-electron chi connectivity index (χ2n) is 4.31. The van der Waals surface area contributed by atoms with Crippen molar-refractivity contribution < 1.29 is 4.74 Å². The summed E-state index contributed by atoms with van der Waals surface area (Å²) in [6.07, 6.45) is 2.01. The van der Waals surface area contributed by atoms with Crippen LogP contribution in [0.25, 0.3) is 10.4 Å². The van der Waals surface area contributed by atoms with Gasteiger partial charge in [0.2, 0.25) is 0 Å². The van der Waals surface area contributed by atoms with Gasteiger partial charge < -0.3 is 4.74 Å². The van der Waals surface area contributed by atoms with Crippen molar-refractivity contribution in [3.63, 3.8) is 0 Å². The first-order chi connectivity index (χ1) is 9.08. The topological polar surface area (TPSA) is 37.4 Å². The summed E-state index contributed by atoms with van der Waals surface area (Å²) in [6, 6.07) is 9.30. The summed E-state index contributed by atoms with van der Waals surface area (Å²) >= 11 is 0. The van der Waals surface area contributed by atoms with Crippen LogP contribution in [0.1, 0.15) is 26.3 Å². The lowest BCUT2D eigenvalue weighted by Crippen LogP contribution is -1.94. The van der Waals surface area contributed by atoms with Crippen LogP contribution >= 0.6 is 0 Å². The van der Waals surface area contributed by atoms with Crippen LogP contribution in [-0.4, -0.2) is 6.61 Å². The summed E-state index contributed by atoms with van der Waals surface area (Å²) < 4.78 is 5.55. The van der Waals surface area contributed by atoms with E-state index < -0.39 is 0 Å². The van der Waals surface area contributed by atoms with Crippen LogP contribution in [0.5, 0.6) is 5.75 Å². The van der Waals surface area contributed by atoms with Crippen molar-refractivity contribution in [3.05, 3.63) is 58.6 Å². The van der Waals surface area contributed by atoms with Gasteiger partial charge >= 0.3 is 0 Å². The molecular formula is C16H16N2O. The average molecular weight is 252 g/mol. The predicted molar refractivity (Wildman–Crippen MR) is 76.2 cm³/mol. The standard InChI is InChI=1S/C16H16N2O/c1-12(2)9-10-19-15-7-5-14(6-8-15)13(3)16(11-17)18-4/h5-9H,10H2,1-3H3/b16-13+. The molecule has 0 bridgehead atoms. The van der Waals surface area contributed by atoms with Crippen LogP contribution in [0.3, 0.4) is 0 Å². The van der Waals surface area contributed by atoms with Crippen LogP contribution in [0.15, 0.2) is 41.6 Å². The van der Waals surface area contributed by atoms with Crippen LogP contribution in [0.2, 0.25) is 0 Å². The lowest BCUT2D eigenvalue weighted by atomic mass is 10.1. The number of hydrogen-bond acceptors (Lipinski definition) is 2. The van der Waals surface area contributed by atoms with Gasteiger partial charge in [0.25, 0.3) is 5.70 Å². The molecule has 0 N–H and O–H groups in total. The van der Waals surface area contributed by atoms with Crippen molar-refractivity contribution in [3.8, 4) is 11.8 Å². The molecule has 1 aromatic carbocycles. The Morgan fingerprint density at radius 1 is 1.32 bits per heavy atom. The monoisotopic (exact) mass is 252 g/mol. The molecule has 0 spiro atoms. The van der Waals surface area contributed by atoms with Crippen molar-refractivity contribution in [1.82, 2.24) is 0 Å². The Kier molecular flexibility index (Phi) is 5.38. The van der Waals surface area contributed by atoms with Crippen LogP contribution in [0, 0.1) is 17.9 Å². The Balaban J connectivity index is 2.84. The Morgan fingerprint density at radius 3 is 2.42 bits per heavy atom. The van der Waals surface area contributed by atoms with E-state index >= 15 is 0 Å². The average Bonchev–Trinajstić information content (AvgIpc) is 2.40. The van der Waals surface area contributed by atoms with Gasteiger partial charge in [-0.1, -0.05) is 17.7 Å². The largest absolute Gasteiger partial charge is 0.490 e. The van der Waals surface area contributed by atoms with Crippen LogP contribution < -0.4 is 4.74 Å². The van der Waals surface area contributed by atoms with Gasteiger partial charge in [-0.15, -0.1) is 0 Å². The maximum atomic E-state index is 8.83. The third-order valence-corrected chi connectivity index (χ3v) is 2.60. The molecule has 0 aliphatic carbocycles. The van der Waals surface area contributed by atoms with E-state index in [1.54, 1.807) is 6.92 Å². The number of hydrogen-bond donors (Lipinski definition) is 0. The minimum atomic E-state index is 0.123. The molecule has 0 radical (unpaired) electrons. The third kappa shape index (κ3) is 4.33. The van der Waals surface area contributed by atoms with Gasteiger partial charge in [0.05, 0.1) is 12.6 Å². The highest BCUT2D eigenvalue weighted by atomic mass is 16.5. The number of rotatable bonds is 4. The molecule has 0 unspecified atom stereocenters. The minimum Gasteiger partial charge on any atom is -0.490 e. The number of ether oxygens (including phenoxy) is 1. The first-order valence-electron chi connectivity index (χ1n) is 5.93. The zero-order chi connectivity index (χ0) is 14.3. The zero-order valence-electron chi connectivity index (χ0n) is 11.4. The molecule has 0 aliphatic heterocycles. The first-order valence-corrected chi connectivity index (χ1v) is 5.93. The summed E-state index contributed by atoms with van der Waals surface area (Å²) in [4.78, 5) is 3.20. The second kappa shape index (κ2) is 7.03. The van der Waals surface area contributed by atoms with Crippen molar-refractivity contribution in [2.75, 3.05) is 6.61 Å². The van der Waals surface area contributed by atoms with Gasteiger partial charge in [0.15, 0.2) is 0 Å². The number of allylic oxidation sites excluding steroid dienone is 3. The van der Waals surface area contributed by atoms with E-state index in [-0.39, 0.29) is 5.70 Å². The van der Waals surface area contributed by atoms with Gasteiger partial charge in [0, 0.05) is 0 Å². The maximum Gasteiger partial charge on any atom is 0.265 e. The fourth-order valence-corrected chi connectivity index (χ4v) is 1.44. The highest BCUT2D eigenvalue weighted by molar-refractivity contribution is 5.71. The van der Waals surface area contributed by atoms with Gasteiger partial charge in [-0.3, -0.25) is 0 Å². The molecule has 0 atom stereocenters. The summed E-state index contributed by atoms with van der Waals surface area (Å²) in [5.74, 6) is 0.773. The molecular weight excluding hydrogens is 236 g/mol. The van der Waals surface area contributed by atoms with E-state index in [2.05, 4.69) is 4.85 Å². The molecule has 0 aliphatic rings. The molecule has 1 rings (SSSR count). The molecule has 0 aromatic heterocycles. The summed E-state index contributed by atoms with van der Waals surface area (Å²) in [7, 11) is 0. The Hall–Kier alpha value is -2.52. The van der Waals surface area contributed by atoms with E-state index in [1.165, 1.54) is 5.57 Å². The quantitative estimate of drug-likeness (QED) is 0.457. The van der Waals surface area contributed by atoms with Gasteiger partial charge in [-0.05, 0) is 50.1 Å². The molecule has 0 fully saturated rings. The molecule has 0 amide bonds. The normalized spacial score (nSPS) is 10.8. The molecule has 0 saturated heterocycles. The SMILES string of the molecule is [C-]#[N+]/C(C#N)=C(\C)c1ccc(OCC=C(C)C)cc1.